The van der Waals surface area contributed by atoms with Crippen LogP contribution in [-0.4, -0.2) is 23.3 Å². The van der Waals surface area contributed by atoms with Gasteiger partial charge in [-0.25, -0.2) is 4.98 Å². The van der Waals surface area contributed by atoms with E-state index in [1.54, 1.807) is 18.3 Å². The average Bonchev–Trinajstić information content (AvgIpc) is 2.96. The Bertz CT molecular complexity index is 660. The van der Waals surface area contributed by atoms with Crippen molar-refractivity contribution in [1.29, 1.82) is 0 Å². The molecule has 2 N–H and O–H groups in total. The maximum absolute atomic E-state index is 12.0. The Kier molecular flexibility index (Phi) is 4.92. The number of benzene rings is 1. The highest BCUT2D eigenvalue weighted by Gasteiger charge is 2.20. The lowest BCUT2D eigenvalue weighted by molar-refractivity contribution is -0.115. The summed E-state index contributed by atoms with van der Waals surface area (Å²) in [4.78, 5) is 28.6. The van der Waals surface area contributed by atoms with Crippen LogP contribution in [0.25, 0.3) is 0 Å². The van der Waals surface area contributed by atoms with Gasteiger partial charge in [-0.1, -0.05) is 39.0 Å². The molecule has 0 aliphatic carbocycles. The lowest BCUT2D eigenvalue weighted by atomic mass is 9.98. The second-order valence-electron chi connectivity index (χ2n) is 5.88. The number of carbonyl (C=O) groups excluding carboxylic acids is 2. The van der Waals surface area contributed by atoms with Crippen molar-refractivity contribution in [3.63, 3.8) is 0 Å². The van der Waals surface area contributed by atoms with Crippen LogP contribution in [-0.2, 0) is 10.2 Å². The van der Waals surface area contributed by atoms with E-state index in [4.69, 9.17) is 0 Å². The summed E-state index contributed by atoms with van der Waals surface area (Å²) in [5, 5.41) is 6.21. The van der Waals surface area contributed by atoms with E-state index >= 15 is 0 Å². The van der Waals surface area contributed by atoms with E-state index in [1.807, 2.05) is 39.0 Å². The number of thiazole rings is 1. The van der Waals surface area contributed by atoms with Crippen LogP contribution in [0.1, 0.15) is 35.5 Å². The third kappa shape index (κ3) is 4.39. The first-order chi connectivity index (χ1) is 10.4. The largest absolute Gasteiger partial charge is 0.342 e. The van der Waals surface area contributed by atoms with Crippen LogP contribution in [0.5, 0.6) is 0 Å². The number of amides is 2. The Morgan fingerprint density at radius 1 is 1.18 bits per heavy atom. The van der Waals surface area contributed by atoms with E-state index in [0.717, 1.165) is 5.01 Å². The SMILES string of the molecule is CC(C)(C)c1ncc(C(=O)NCC(=O)Nc2ccccc2)s1. The van der Waals surface area contributed by atoms with Gasteiger partial charge in [0.2, 0.25) is 5.91 Å². The van der Waals surface area contributed by atoms with Gasteiger partial charge in [-0.3, -0.25) is 9.59 Å². The van der Waals surface area contributed by atoms with Gasteiger partial charge in [0.15, 0.2) is 0 Å². The Balaban J connectivity index is 1.87. The molecule has 0 saturated carbocycles. The number of nitrogens with one attached hydrogen (secondary N) is 2. The molecule has 2 amide bonds. The van der Waals surface area contributed by atoms with Crippen LogP contribution in [0.4, 0.5) is 5.69 Å². The van der Waals surface area contributed by atoms with Gasteiger partial charge in [0.1, 0.15) is 4.88 Å². The van der Waals surface area contributed by atoms with Crippen LogP contribution in [0.15, 0.2) is 36.5 Å². The molecule has 0 fully saturated rings. The van der Waals surface area contributed by atoms with Crippen molar-refractivity contribution < 1.29 is 9.59 Å². The Labute approximate surface area is 133 Å². The first-order valence-electron chi connectivity index (χ1n) is 6.95. The van der Waals surface area contributed by atoms with Crippen molar-refractivity contribution in [2.75, 3.05) is 11.9 Å². The van der Waals surface area contributed by atoms with Crippen molar-refractivity contribution in [3.8, 4) is 0 Å². The summed E-state index contributed by atoms with van der Waals surface area (Å²) in [6.07, 6.45) is 1.55. The predicted molar refractivity (Wildman–Crippen MR) is 88.2 cm³/mol. The minimum Gasteiger partial charge on any atom is -0.342 e. The van der Waals surface area contributed by atoms with Gasteiger partial charge in [0.05, 0.1) is 17.7 Å². The molecule has 0 saturated heterocycles. The summed E-state index contributed by atoms with van der Waals surface area (Å²) >= 11 is 1.35. The van der Waals surface area contributed by atoms with Gasteiger partial charge >= 0.3 is 0 Å². The van der Waals surface area contributed by atoms with Crippen LogP contribution in [0.3, 0.4) is 0 Å². The number of nitrogens with zero attached hydrogens (tertiary/aromatic N) is 1. The van der Waals surface area contributed by atoms with Crippen molar-refractivity contribution in [2.24, 2.45) is 0 Å². The van der Waals surface area contributed by atoms with Crippen molar-refractivity contribution in [1.82, 2.24) is 10.3 Å². The molecule has 0 atom stereocenters. The standard InChI is InChI=1S/C16H19N3O2S/c1-16(2,3)15-18-9-12(22-15)14(21)17-10-13(20)19-11-7-5-4-6-8-11/h4-9H,10H2,1-3H3,(H,17,21)(H,19,20). The Morgan fingerprint density at radius 3 is 2.45 bits per heavy atom. The second-order valence-corrected chi connectivity index (χ2v) is 6.91. The molecule has 5 nitrogen and oxygen atoms in total. The number of rotatable bonds is 4. The second kappa shape index (κ2) is 6.70. The van der Waals surface area contributed by atoms with E-state index in [-0.39, 0.29) is 23.8 Å². The van der Waals surface area contributed by atoms with Crippen molar-refractivity contribution >= 4 is 28.8 Å². The number of carbonyl (C=O) groups is 2. The van der Waals surface area contributed by atoms with E-state index in [1.165, 1.54) is 11.3 Å². The predicted octanol–water partition coefficient (Wildman–Crippen LogP) is 2.81. The van der Waals surface area contributed by atoms with Crippen molar-refractivity contribution in [2.45, 2.75) is 26.2 Å². The first kappa shape index (κ1) is 16.2. The summed E-state index contributed by atoms with van der Waals surface area (Å²) in [7, 11) is 0. The molecule has 0 aliphatic rings. The number of hydrogen-bond acceptors (Lipinski definition) is 4. The zero-order valence-corrected chi connectivity index (χ0v) is 13.7. The highest BCUT2D eigenvalue weighted by Crippen LogP contribution is 2.26. The van der Waals surface area contributed by atoms with Crippen LogP contribution < -0.4 is 10.6 Å². The molecule has 0 spiro atoms. The molecule has 0 radical (unpaired) electrons. The van der Waals surface area contributed by atoms with Crippen LogP contribution in [0, 0.1) is 0 Å². The van der Waals surface area contributed by atoms with Gasteiger partial charge in [-0.05, 0) is 12.1 Å². The third-order valence-electron chi connectivity index (χ3n) is 2.84. The quantitative estimate of drug-likeness (QED) is 0.911. The minimum atomic E-state index is -0.281. The lowest BCUT2D eigenvalue weighted by Gasteiger charge is -2.13. The van der Waals surface area contributed by atoms with Crippen LogP contribution in [0.2, 0.25) is 0 Å². The molecule has 6 heteroatoms. The molecule has 0 aliphatic heterocycles. The Morgan fingerprint density at radius 2 is 1.86 bits per heavy atom. The average molecular weight is 317 g/mol. The molecule has 22 heavy (non-hydrogen) atoms. The van der Waals surface area contributed by atoms with Gasteiger partial charge in [-0.15, -0.1) is 11.3 Å². The topological polar surface area (TPSA) is 71.1 Å². The van der Waals surface area contributed by atoms with Crippen molar-refractivity contribution in [3.05, 3.63) is 46.4 Å². The molecule has 2 aromatic rings. The molecular formula is C16H19N3O2S. The molecule has 1 heterocycles. The first-order valence-corrected chi connectivity index (χ1v) is 7.77. The third-order valence-corrected chi connectivity index (χ3v) is 4.26. The van der Waals surface area contributed by atoms with Crippen LogP contribution >= 0.6 is 11.3 Å². The maximum atomic E-state index is 12.0. The molecule has 1 aromatic heterocycles. The van der Waals surface area contributed by atoms with Gasteiger partial charge in [0.25, 0.3) is 5.91 Å². The monoisotopic (exact) mass is 317 g/mol. The van der Waals surface area contributed by atoms with Gasteiger partial charge in [0, 0.05) is 11.1 Å². The number of aromatic nitrogens is 1. The minimum absolute atomic E-state index is 0.0729. The van der Waals surface area contributed by atoms with E-state index in [0.29, 0.717) is 10.6 Å². The highest BCUT2D eigenvalue weighted by molar-refractivity contribution is 7.13. The van der Waals surface area contributed by atoms with Gasteiger partial charge in [-0.2, -0.15) is 0 Å². The highest BCUT2D eigenvalue weighted by atomic mass is 32.1. The summed E-state index contributed by atoms with van der Waals surface area (Å²) in [5.41, 5.74) is 0.614. The summed E-state index contributed by atoms with van der Waals surface area (Å²) in [6, 6.07) is 9.12. The smallest absolute Gasteiger partial charge is 0.263 e. The fraction of sp³-hybridized carbons (Fsp3) is 0.312. The number of hydrogen-bond donors (Lipinski definition) is 2. The Hall–Kier alpha value is -2.21. The molecule has 0 unspecified atom stereocenters. The fourth-order valence-corrected chi connectivity index (χ4v) is 2.59. The molecule has 116 valence electrons. The molecule has 2 rings (SSSR count). The summed E-state index contributed by atoms with van der Waals surface area (Å²) in [5.74, 6) is -0.545. The maximum Gasteiger partial charge on any atom is 0.263 e. The van der Waals surface area contributed by atoms with E-state index in [9.17, 15) is 9.59 Å². The summed E-state index contributed by atoms with van der Waals surface area (Å²) in [6.45, 7) is 6.05. The number of anilines is 1. The lowest BCUT2D eigenvalue weighted by Crippen LogP contribution is -2.32. The summed E-state index contributed by atoms with van der Waals surface area (Å²) < 4.78 is 0. The normalized spacial score (nSPS) is 11.0. The van der Waals surface area contributed by atoms with Gasteiger partial charge < -0.3 is 10.6 Å². The van der Waals surface area contributed by atoms with E-state index in [2.05, 4.69) is 15.6 Å². The molecule has 1 aromatic carbocycles. The molecular weight excluding hydrogens is 298 g/mol. The zero-order valence-electron chi connectivity index (χ0n) is 12.8. The molecule has 0 bridgehead atoms. The fourth-order valence-electron chi connectivity index (χ4n) is 1.70. The zero-order chi connectivity index (χ0) is 16.2. The van der Waals surface area contributed by atoms with E-state index < -0.39 is 0 Å². The number of para-hydroxylation sites is 1.